The minimum absolute atomic E-state index is 0.0142. The molecule has 1 saturated heterocycles. The Morgan fingerprint density at radius 3 is 2.81 bits per heavy atom. The quantitative estimate of drug-likeness (QED) is 0.636. The largest absolute Gasteiger partial charge is 0.331 e. The van der Waals surface area contributed by atoms with Crippen LogP contribution in [-0.4, -0.2) is 42.1 Å². The van der Waals surface area contributed by atoms with E-state index in [0.29, 0.717) is 18.2 Å². The van der Waals surface area contributed by atoms with Gasteiger partial charge in [-0.1, -0.05) is 6.07 Å². The van der Waals surface area contributed by atoms with E-state index in [-0.39, 0.29) is 11.9 Å². The second kappa shape index (κ2) is 9.07. The average Bonchev–Trinajstić information content (AvgIpc) is 3.17. The van der Waals surface area contributed by atoms with Crippen LogP contribution in [0.1, 0.15) is 48.1 Å². The molecule has 0 bridgehead atoms. The van der Waals surface area contributed by atoms with Gasteiger partial charge in [-0.3, -0.25) is 9.48 Å². The molecule has 0 saturated carbocycles. The molecule has 0 aliphatic carbocycles. The van der Waals surface area contributed by atoms with Gasteiger partial charge in [0.15, 0.2) is 0 Å². The molecular formula is C23H27N7O. The first-order valence-electron chi connectivity index (χ1n) is 10.5. The zero-order valence-electron chi connectivity index (χ0n) is 18.1. The predicted octanol–water partition coefficient (Wildman–Crippen LogP) is 3.73. The third-order valence-corrected chi connectivity index (χ3v) is 5.27. The maximum absolute atomic E-state index is 13.0. The monoisotopic (exact) mass is 417 g/mol. The molecule has 4 rings (SSSR count). The molecule has 0 radical (unpaired) electrons. The minimum Gasteiger partial charge on any atom is -0.331 e. The summed E-state index contributed by atoms with van der Waals surface area (Å²) in [6.45, 7) is 4.54. The Morgan fingerprint density at radius 1 is 1.16 bits per heavy atom. The van der Waals surface area contributed by atoms with Crippen molar-refractivity contribution in [3.63, 3.8) is 0 Å². The van der Waals surface area contributed by atoms with Gasteiger partial charge in [0.1, 0.15) is 17.5 Å². The number of piperidine rings is 1. The van der Waals surface area contributed by atoms with E-state index in [1.807, 2.05) is 62.3 Å². The van der Waals surface area contributed by atoms with Crippen molar-refractivity contribution in [3.05, 3.63) is 65.5 Å². The van der Waals surface area contributed by atoms with E-state index < -0.39 is 0 Å². The van der Waals surface area contributed by atoms with Gasteiger partial charge in [0.05, 0.1) is 17.9 Å². The smallest absolute Gasteiger partial charge is 0.247 e. The standard InChI is InChI=1S/C23H27N7O/c1-16-7-6-9-21(25-16)28-22-13-19(26-17(2)27-22)20-8-4-5-12-30(20)23(31)11-10-18-14-24-29(3)15-18/h6-7,9-11,13-15,20H,4-5,8,12H2,1-3H3,(H,25,26,27,28)/b11-10+/t20-/m1/s1. The van der Waals surface area contributed by atoms with Crippen LogP contribution < -0.4 is 5.32 Å². The molecule has 1 N–H and O–H groups in total. The minimum atomic E-state index is -0.0764. The summed E-state index contributed by atoms with van der Waals surface area (Å²) in [5, 5.41) is 7.41. The second-order valence-electron chi connectivity index (χ2n) is 7.84. The fraction of sp³-hybridized carbons (Fsp3) is 0.348. The number of nitrogens with one attached hydrogen (secondary N) is 1. The first-order chi connectivity index (χ1) is 15.0. The van der Waals surface area contributed by atoms with Crippen molar-refractivity contribution < 1.29 is 4.79 Å². The number of aryl methyl sites for hydroxylation is 3. The van der Waals surface area contributed by atoms with E-state index in [1.54, 1.807) is 17.0 Å². The number of hydrogen-bond donors (Lipinski definition) is 1. The molecule has 1 aliphatic rings. The van der Waals surface area contributed by atoms with Gasteiger partial charge in [-0.15, -0.1) is 0 Å². The summed E-state index contributed by atoms with van der Waals surface area (Å²) in [6, 6.07) is 7.66. The third-order valence-electron chi connectivity index (χ3n) is 5.27. The fourth-order valence-corrected chi connectivity index (χ4v) is 3.86. The van der Waals surface area contributed by atoms with Crippen molar-refractivity contribution >= 4 is 23.6 Å². The molecule has 0 unspecified atom stereocenters. The lowest BCUT2D eigenvalue weighted by atomic mass is 9.98. The van der Waals surface area contributed by atoms with Gasteiger partial charge in [0.2, 0.25) is 5.91 Å². The summed E-state index contributed by atoms with van der Waals surface area (Å²) in [4.78, 5) is 28.6. The van der Waals surface area contributed by atoms with Gasteiger partial charge >= 0.3 is 0 Å². The Kier molecular flexibility index (Phi) is 6.06. The Morgan fingerprint density at radius 2 is 2.03 bits per heavy atom. The predicted molar refractivity (Wildman–Crippen MR) is 120 cm³/mol. The number of carbonyl (C=O) groups excluding carboxylic acids is 1. The summed E-state index contributed by atoms with van der Waals surface area (Å²) in [5.74, 6) is 2.07. The number of aromatic nitrogens is 5. The SMILES string of the molecule is Cc1cccc(Nc2cc([C@H]3CCCCN3C(=O)/C=C/c3cnn(C)c3)nc(C)n2)n1. The Hall–Kier alpha value is -3.55. The maximum Gasteiger partial charge on any atom is 0.247 e. The highest BCUT2D eigenvalue weighted by Crippen LogP contribution is 2.31. The molecule has 0 spiro atoms. The van der Waals surface area contributed by atoms with Crippen molar-refractivity contribution in [3.8, 4) is 0 Å². The highest BCUT2D eigenvalue weighted by atomic mass is 16.2. The van der Waals surface area contributed by atoms with Crippen LogP contribution in [0.4, 0.5) is 11.6 Å². The average molecular weight is 418 g/mol. The number of pyridine rings is 1. The Balaban J connectivity index is 1.56. The van der Waals surface area contributed by atoms with E-state index in [9.17, 15) is 4.79 Å². The molecule has 8 nitrogen and oxygen atoms in total. The first kappa shape index (κ1) is 20.7. The number of carbonyl (C=O) groups is 1. The van der Waals surface area contributed by atoms with Crippen LogP contribution in [0.2, 0.25) is 0 Å². The highest BCUT2D eigenvalue weighted by molar-refractivity contribution is 5.92. The van der Waals surface area contributed by atoms with Gasteiger partial charge in [-0.05, 0) is 51.3 Å². The summed E-state index contributed by atoms with van der Waals surface area (Å²) in [7, 11) is 1.86. The van der Waals surface area contributed by atoms with Crippen LogP contribution >= 0.6 is 0 Å². The summed E-state index contributed by atoms with van der Waals surface area (Å²) in [6.07, 6.45) is 9.98. The van der Waals surface area contributed by atoms with Gasteiger partial charge in [0.25, 0.3) is 0 Å². The number of hydrogen-bond acceptors (Lipinski definition) is 6. The zero-order valence-corrected chi connectivity index (χ0v) is 18.1. The fourth-order valence-electron chi connectivity index (χ4n) is 3.86. The van der Waals surface area contributed by atoms with Crippen LogP contribution in [-0.2, 0) is 11.8 Å². The van der Waals surface area contributed by atoms with E-state index in [1.165, 1.54) is 0 Å². The molecule has 31 heavy (non-hydrogen) atoms. The lowest BCUT2D eigenvalue weighted by Crippen LogP contribution is -2.38. The third kappa shape index (κ3) is 5.14. The lowest BCUT2D eigenvalue weighted by molar-refractivity contribution is -0.129. The Bertz CT molecular complexity index is 1100. The topological polar surface area (TPSA) is 88.8 Å². The summed E-state index contributed by atoms with van der Waals surface area (Å²) in [5.41, 5.74) is 2.69. The Labute approximate surface area is 182 Å². The van der Waals surface area contributed by atoms with Crippen LogP contribution in [0.5, 0.6) is 0 Å². The van der Waals surface area contributed by atoms with Crippen molar-refractivity contribution in [2.45, 2.75) is 39.2 Å². The molecule has 1 atom stereocenters. The van der Waals surface area contributed by atoms with Crippen LogP contribution in [0, 0.1) is 13.8 Å². The van der Waals surface area contributed by atoms with Gasteiger partial charge in [0, 0.05) is 43.2 Å². The van der Waals surface area contributed by atoms with Crippen molar-refractivity contribution in [1.82, 2.24) is 29.6 Å². The lowest BCUT2D eigenvalue weighted by Gasteiger charge is -2.35. The zero-order chi connectivity index (χ0) is 21.8. The van der Waals surface area contributed by atoms with E-state index in [2.05, 4.69) is 25.4 Å². The van der Waals surface area contributed by atoms with Crippen molar-refractivity contribution in [2.75, 3.05) is 11.9 Å². The number of nitrogens with zero attached hydrogens (tertiary/aromatic N) is 6. The van der Waals surface area contributed by atoms with Crippen molar-refractivity contribution in [1.29, 1.82) is 0 Å². The molecule has 1 fully saturated rings. The molecule has 3 aromatic rings. The molecule has 4 heterocycles. The van der Waals surface area contributed by atoms with Crippen LogP contribution in [0.15, 0.2) is 42.7 Å². The maximum atomic E-state index is 13.0. The number of likely N-dealkylation sites (tertiary alicyclic amines) is 1. The molecule has 160 valence electrons. The van der Waals surface area contributed by atoms with Gasteiger partial charge in [-0.2, -0.15) is 5.10 Å². The highest BCUT2D eigenvalue weighted by Gasteiger charge is 2.28. The first-order valence-corrected chi connectivity index (χ1v) is 10.5. The normalized spacial score (nSPS) is 16.6. The second-order valence-corrected chi connectivity index (χ2v) is 7.84. The summed E-state index contributed by atoms with van der Waals surface area (Å²) < 4.78 is 1.72. The van der Waals surface area contributed by atoms with Gasteiger partial charge in [-0.25, -0.2) is 15.0 Å². The number of anilines is 2. The number of amides is 1. The van der Waals surface area contributed by atoms with E-state index >= 15 is 0 Å². The van der Waals surface area contributed by atoms with E-state index in [4.69, 9.17) is 0 Å². The van der Waals surface area contributed by atoms with Crippen LogP contribution in [0.3, 0.4) is 0 Å². The molecular weight excluding hydrogens is 390 g/mol. The van der Waals surface area contributed by atoms with Crippen molar-refractivity contribution in [2.24, 2.45) is 7.05 Å². The molecule has 1 aliphatic heterocycles. The molecule has 0 aromatic carbocycles. The molecule has 3 aromatic heterocycles. The van der Waals surface area contributed by atoms with Crippen LogP contribution in [0.25, 0.3) is 6.08 Å². The molecule has 8 heteroatoms. The van der Waals surface area contributed by atoms with E-state index in [0.717, 1.165) is 42.0 Å². The number of rotatable bonds is 5. The summed E-state index contributed by atoms with van der Waals surface area (Å²) >= 11 is 0. The molecule has 1 amide bonds. The van der Waals surface area contributed by atoms with Gasteiger partial charge < -0.3 is 10.2 Å².